The fraction of sp³-hybridized carbons (Fsp3) is 0.956. The Morgan fingerprint density at radius 2 is 1.32 bits per heavy atom. The van der Waals surface area contributed by atoms with Crippen LogP contribution in [-0.2, 0) is 37.9 Å². The topological polar surface area (TPSA) is 276 Å². The molecule has 0 aromatic carbocycles. The quantitative estimate of drug-likeness (QED) is 0.133. The van der Waals surface area contributed by atoms with Crippen molar-refractivity contribution in [2.45, 2.75) is 202 Å². The molecule has 18 heteroatoms. The van der Waals surface area contributed by atoms with Gasteiger partial charge in [0, 0.05) is 24.2 Å². The van der Waals surface area contributed by atoms with E-state index in [0.717, 1.165) is 50.7 Å². The number of fused-ring (bicyclic) bond motifs is 7. The van der Waals surface area contributed by atoms with E-state index in [9.17, 15) is 51.1 Å². The van der Waals surface area contributed by atoms with Crippen LogP contribution in [-0.4, -0.2) is 187 Å². The molecule has 3 saturated carbocycles. The maximum absolute atomic E-state index is 12.0. The van der Waals surface area contributed by atoms with Crippen molar-refractivity contribution in [3.63, 3.8) is 0 Å². The molecule has 27 atom stereocenters. The van der Waals surface area contributed by atoms with Gasteiger partial charge in [-0.05, 0) is 80.5 Å². The Labute approximate surface area is 368 Å². The minimum absolute atomic E-state index is 0.0588. The summed E-state index contributed by atoms with van der Waals surface area (Å²) in [6.45, 7) is 9.99. The van der Waals surface area contributed by atoms with Gasteiger partial charge in [0.1, 0.15) is 67.1 Å². The first-order valence-corrected chi connectivity index (χ1v) is 23.5. The first-order valence-electron chi connectivity index (χ1n) is 23.5. The van der Waals surface area contributed by atoms with Crippen molar-refractivity contribution in [2.75, 3.05) is 19.8 Å². The van der Waals surface area contributed by atoms with E-state index in [2.05, 4.69) is 33.8 Å². The zero-order valence-electron chi connectivity index (χ0n) is 37.0. The highest BCUT2D eigenvalue weighted by Crippen LogP contribution is 2.71. The highest BCUT2D eigenvalue weighted by atomic mass is 16.8. The van der Waals surface area contributed by atoms with E-state index in [4.69, 9.17) is 37.9 Å². The van der Waals surface area contributed by atoms with Crippen molar-refractivity contribution >= 4 is 0 Å². The largest absolute Gasteiger partial charge is 0.394 e. The maximum Gasteiger partial charge on any atom is 0.187 e. The summed E-state index contributed by atoms with van der Waals surface area (Å²) in [7, 11) is 0. The molecule has 5 saturated heterocycles. The van der Waals surface area contributed by atoms with Gasteiger partial charge < -0.3 is 89.0 Å². The van der Waals surface area contributed by atoms with Crippen LogP contribution in [0.5, 0.6) is 0 Å². The lowest BCUT2D eigenvalue weighted by atomic mass is 9.46. The van der Waals surface area contributed by atoms with E-state index < -0.39 is 129 Å². The summed E-state index contributed by atoms with van der Waals surface area (Å²) in [5, 5.41) is 108. The summed E-state index contributed by atoms with van der Waals surface area (Å²) in [5.74, 6) is 1.58. The Morgan fingerprint density at radius 3 is 1.97 bits per heavy atom. The molecule has 0 aromatic heterocycles. The number of rotatable bonds is 8. The number of ether oxygens (including phenoxy) is 8. The Hall–Kier alpha value is -0.980. The summed E-state index contributed by atoms with van der Waals surface area (Å²) in [6, 6.07) is 0. The second-order valence-electron chi connectivity index (χ2n) is 21.2. The monoisotopic (exact) mass is 900 g/mol. The zero-order valence-corrected chi connectivity index (χ0v) is 37.0. The normalized spacial score (nSPS) is 58.1. The van der Waals surface area contributed by atoms with Crippen molar-refractivity contribution in [1.82, 2.24) is 0 Å². The molecule has 8 fully saturated rings. The molecule has 0 bridgehead atoms. The first kappa shape index (κ1) is 47.1. The number of hydrogen-bond donors (Lipinski definition) is 10. The maximum atomic E-state index is 12.0. The summed E-state index contributed by atoms with van der Waals surface area (Å²) in [4.78, 5) is 0. The van der Waals surface area contributed by atoms with E-state index in [1.54, 1.807) is 0 Å². The molecule has 7 unspecified atom stereocenters. The average Bonchev–Trinajstić information content (AvgIpc) is 3.70. The molecule has 1 spiro atoms. The van der Waals surface area contributed by atoms with Crippen LogP contribution >= 0.6 is 0 Å². The standard InChI is InChI=1S/C45H72O18/c1-18-8-11-45(56-17-18)19(2)30-26(63-45)14-25-23-7-6-21-12-22(48)13-29(44(21,5)24(23)9-10-43(25,30)4)60-42-37(55)39(33(51)28(16-47)59-42)62-41-36(54)38(31(49)20(3)57-41)61-40-35(53)34(52)32(50)27(15-46)58-40/h6,18-20,22-42,46-55H,7-17H2,1-5H3/t18-,19?,20-,22+,23?,24?,25?,26?,27+,28+,29+,30?,31-,32+,33+,34-,35+,36+,37+,38+,39-,40-,41-,42-,43-,44-,45?/m0/s1. The van der Waals surface area contributed by atoms with Crippen LogP contribution in [0.15, 0.2) is 11.6 Å². The lowest BCUT2D eigenvalue weighted by Crippen LogP contribution is -2.66. The average molecular weight is 901 g/mol. The highest BCUT2D eigenvalue weighted by molar-refractivity contribution is 5.29. The van der Waals surface area contributed by atoms with E-state index in [0.29, 0.717) is 30.1 Å². The van der Waals surface area contributed by atoms with Gasteiger partial charge in [-0.1, -0.05) is 39.3 Å². The van der Waals surface area contributed by atoms with Crippen LogP contribution < -0.4 is 0 Å². The second kappa shape index (κ2) is 17.5. The molecule has 4 aliphatic carbocycles. The highest BCUT2D eigenvalue weighted by Gasteiger charge is 2.69. The smallest absolute Gasteiger partial charge is 0.187 e. The van der Waals surface area contributed by atoms with Crippen molar-refractivity contribution < 1.29 is 89.0 Å². The summed E-state index contributed by atoms with van der Waals surface area (Å²) in [6.07, 6.45) is -16.2. The summed E-state index contributed by atoms with van der Waals surface area (Å²) in [5.41, 5.74) is 0.616. The molecule has 5 heterocycles. The van der Waals surface area contributed by atoms with Crippen molar-refractivity contribution in [2.24, 2.45) is 46.3 Å². The minimum atomic E-state index is -1.85. The zero-order chi connectivity index (χ0) is 45.1. The van der Waals surface area contributed by atoms with Gasteiger partial charge in [0.25, 0.3) is 0 Å². The fourth-order valence-electron chi connectivity index (χ4n) is 14.1. The fourth-order valence-corrected chi connectivity index (χ4v) is 14.1. The molecule has 9 rings (SSSR count). The second-order valence-corrected chi connectivity index (χ2v) is 21.2. The van der Waals surface area contributed by atoms with Gasteiger partial charge in [0.2, 0.25) is 0 Å². The molecule has 10 N–H and O–H groups in total. The Kier molecular flexibility index (Phi) is 13.1. The van der Waals surface area contributed by atoms with Crippen LogP contribution in [0.2, 0.25) is 0 Å². The third-order valence-corrected chi connectivity index (χ3v) is 17.7. The molecule has 9 aliphatic rings. The van der Waals surface area contributed by atoms with Crippen LogP contribution in [0.1, 0.15) is 86.0 Å². The Morgan fingerprint density at radius 1 is 0.683 bits per heavy atom. The lowest BCUT2D eigenvalue weighted by Gasteiger charge is -2.60. The Bertz CT molecular complexity index is 1640. The molecular formula is C45H72O18. The minimum Gasteiger partial charge on any atom is -0.394 e. The van der Waals surface area contributed by atoms with Gasteiger partial charge in [-0.2, -0.15) is 0 Å². The number of hydrogen-bond acceptors (Lipinski definition) is 18. The van der Waals surface area contributed by atoms with Gasteiger partial charge in [-0.3, -0.25) is 0 Å². The summed E-state index contributed by atoms with van der Waals surface area (Å²) < 4.78 is 49.5. The van der Waals surface area contributed by atoms with Crippen LogP contribution in [0.3, 0.4) is 0 Å². The van der Waals surface area contributed by atoms with Crippen LogP contribution in [0, 0.1) is 46.3 Å². The van der Waals surface area contributed by atoms with E-state index in [1.165, 1.54) is 6.92 Å². The van der Waals surface area contributed by atoms with E-state index in [-0.39, 0.29) is 29.8 Å². The number of aliphatic hydroxyl groups excluding tert-OH is 10. The molecule has 5 aliphatic heterocycles. The number of allylic oxidation sites excluding steroid dienone is 1. The third-order valence-electron chi connectivity index (χ3n) is 17.7. The first-order chi connectivity index (χ1) is 29.9. The van der Waals surface area contributed by atoms with Gasteiger partial charge in [0.05, 0.1) is 44.2 Å². The van der Waals surface area contributed by atoms with Gasteiger partial charge in [-0.15, -0.1) is 0 Å². The van der Waals surface area contributed by atoms with E-state index in [1.807, 2.05) is 0 Å². The Balaban J connectivity index is 0.922. The molecule has 0 amide bonds. The SMILES string of the molecule is CC1C2C(CC3C4CC=C5C[C@@H](O)C[C@@H](O[C@@H]6O[C@H](CO)[C@@H](O)[C@H](O[C@@H]7O[C@@H](C)[C@H](O)[C@@H](O[C@@H]8O[C@H](CO)[C@@H](O)[C@H](O)[C@H]8O)[C@H]7O)[C@H]6O)[C@]5(C)C4CC[C@@]32C)OC12CC[C@H](C)CO2. The molecule has 18 nitrogen and oxygen atoms in total. The predicted molar refractivity (Wildman–Crippen MR) is 216 cm³/mol. The van der Waals surface area contributed by atoms with Crippen LogP contribution in [0.4, 0.5) is 0 Å². The van der Waals surface area contributed by atoms with Crippen LogP contribution in [0.25, 0.3) is 0 Å². The van der Waals surface area contributed by atoms with Gasteiger partial charge in [-0.25, -0.2) is 0 Å². The van der Waals surface area contributed by atoms with Gasteiger partial charge in [0.15, 0.2) is 24.7 Å². The van der Waals surface area contributed by atoms with Crippen molar-refractivity contribution in [3.05, 3.63) is 11.6 Å². The van der Waals surface area contributed by atoms with Gasteiger partial charge >= 0.3 is 0 Å². The van der Waals surface area contributed by atoms with Crippen molar-refractivity contribution in [3.8, 4) is 0 Å². The predicted octanol–water partition coefficient (Wildman–Crippen LogP) is -0.815. The molecule has 0 radical (unpaired) electrons. The summed E-state index contributed by atoms with van der Waals surface area (Å²) >= 11 is 0. The number of aliphatic hydroxyl groups is 10. The third kappa shape index (κ3) is 7.62. The molecule has 0 aromatic rings. The molecule has 63 heavy (non-hydrogen) atoms. The molecule has 360 valence electrons. The van der Waals surface area contributed by atoms with E-state index >= 15 is 0 Å². The lowest BCUT2D eigenvalue weighted by molar-refractivity contribution is -0.382. The van der Waals surface area contributed by atoms with Crippen molar-refractivity contribution in [1.29, 1.82) is 0 Å². The molecular weight excluding hydrogens is 828 g/mol.